The molecule has 2 aromatic rings. The van der Waals surface area contributed by atoms with Gasteiger partial charge in [0, 0.05) is 0 Å². The standard InChI is InChI=1S/C17H11ClO2/c1-20-9-6-7-12-13(8-9)10-4-2-3-5-11(10)14-15(12)17(19)16(14)18/h2-8,15H,1H3/t15-/m1/s1. The summed E-state index contributed by atoms with van der Waals surface area (Å²) in [7, 11) is 1.65. The minimum Gasteiger partial charge on any atom is -0.497 e. The lowest BCUT2D eigenvalue weighted by molar-refractivity contribution is -0.116. The van der Waals surface area contributed by atoms with Crippen LogP contribution in [0.1, 0.15) is 17.0 Å². The molecule has 0 N–H and O–H groups in total. The fourth-order valence-corrected chi connectivity index (χ4v) is 3.43. The number of hydrogen-bond acceptors (Lipinski definition) is 2. The summed E-state index contributed by atoms with van der Waals surface area (Å²) in [4.78, 5) is 12.1. The molecule has 0 amide bonds. The third kappa shape index (κ3) is 1.32. The van der Waals surface area contributed by atoms with Crippen LogP contribution >= 0.6 is 11.6 Å². The molecule has 2 aliphatic carbocycles. The van der Waals surface area contributed by atoms with Crippen molar-refractivity contribution < 1.29 is 9.53 Å². The van der Waals surface area contributed by atoms with E-state index in [1.807, 2.05) is 36.4 Å². The number of Topliss-reactive ketones (excluding diaryl/α,β-unsaturated/α-hetero) is 1. The third-order valence-corrected chi connectivity index (χ3v) is 4.47. The molecule has 1 atom stereocenters. The molecular formula is C17H11ClO2. The van der Waals surface area contributed by atoms with E-state index >= 15 is 0 Å². The van der Waals surface area contributed by atoms with Crippen LogP contribution < -0.4 is 4.74 Å². The van der Waals surface area contributed by atoms with Gasteiger partial charge in [0.15, 0.2) is 5.78 Å². The highest BCUT2D eigenvalue weighted by molar-refractivity contribution is 6.52. The summed E-state index contributed by atoms with van der Waals surface area (Å²) in [6.45, 7) is 0. The molecule has 0 saturated heterocycles. The Bertz CT molecular complexity index is 789. The molecule has 0 fully saturated rings. The van der Waals surface area contributed by atoms with Gasteiger partial charge in [0.2, 0.25) is 0 Å². The summed E-state index contributed by atoms with van der Waals surface area (Å²) >= 11 is 6.13. The molecule has 2 aromatic carbocycles. The fraction of sp³-hybridized carbons (Fsp3) is 0.118. The van der Waals surface area contributed by atoms with Crippen molar-refractivity contribution >= 4 is 23.0 Å². The number of ketones is 1. The summed E-state index contributed by atoms with van der Waals surface area (Å²) in [6, 6.07) is 13.9. The third-order valence-electron chi connectivity index (χ3n) is 4.08. The topological polar surface area (TPSA) is 26.3 Å². The maximum Gasteiger partial charge on any atom is 0.186 e. The molecule has 0 saturated carbocycles. The second-order valence-electron chi connectivity index (χ2n) is 5.02. The molecule has 0 aromatic heterocycles. The van der Waals surface area contributed by atoms with Gasteiger partial charge in [-0.1, -0.05) is 41.9 Å². The van der Waals surface area contributed by atoms with Crippen LogP contribution in [0.2, 0.25) is 0 Å². The lowest BCUT2D eigenvalue weighted by Crippen LogP contribution is -2.29. The number of fused-ring (bicyclic) bond motifs is 6. The number of benzene rings is 2. The van der Waals surface area contributed by atoms with Crippen molar-refractivity contribution in [2.24, 2.45) is 0 Å². The van der Waals surface area contributed by atoms with Gasteiger partial charge < -0.3 is 4.74 Å². The average Bonchev–Trinajstić information content (AvgIpc) is 2.52. The van der Waals surface area contributed by atoms with Gasteiger partial charge in [-0.3, -0.25) is 4.79 Å². The first kappa shape index (κ1) is 11.7. The maximum absolute atomic E-state index is 12.1. The van der Waals surface area contributed by atoms with Gasteiger partial charge >= 0.3 is 0 Å². The van der Waals surface area contributed by atoms with Crippen LogP contribution in [0.3, 0.4) is 0 Å². The molecule has 0 spiro atoms. The Morgan fingerprint density at radius 3 is 2.55 bits per heavy atom. The highest BCUT2D eigenvalue weighted by atomic mass is 35.5. The minimum absolute atomic E-state index is 0.0163. The van der Waals surface area contributed by atoms with Crippen LogP contribution in [-0.2, 0) is 4.79 Å². The summed E-state index contributed by atoms with van der Waals surface area (Å²) in [5, 5.41) is 0.379. The van der Waals surface area contributed by atoms with Crippen molar-refractivity contribution in [1.29, 1.82) is 0 Å². The van der Waals surface area contributed by atoms with E-state index in [4.69, 9.17) is 16.3 Å². The van der Waals surface area contributed by atoms with Gasteiger partial charge in [-0.15, -0.1) is 0 Å². The monoisotopic (exact) mass is 282 g/mol. The first-order valence-electron chi connectivity index (χ1n) is 6.44. The Morgan fingerprint density at radius 1 is 1.05 bits per heavy atom. The van der Waals surface area contributed by atoms with Crippen LogP contribution in [0.25, 0.3) is 16.7 Å². The molecular weight excluding hydrogens is 272 g/mol. The van der Waals surface area contributed by atoms with Crippen molar-refractivity contribution in [2.45, 2.75) is 5.92 Å². The Labute approximate surface area is 121 Å². The van der Waals surface area contributed by atoms with E-state index in [0.717, 1.165) is 33.6 Å². The van der Waals surface area contributed by atoms with Gasteiger partial charge in [0.1, 0.15) is 5.75 Å². The van der Waals surface area contributed by atoms with Crippen molar-refractivity contribution in [3.63, 3.8) is 0 Å². The van der Waals surface area contributed by atoms with Crippen LogP contribution in [0.5, 0.6) is 5.75 Å². The van der Waals surface area contributed by atoms with Gasteiger partial charge in [0.25, 0.3) is 0 Å². The number of halogens is 1. The first-order valence-corrected chi connectivity index (χ1v) is 6.81. The van der Waals surface area contributed by atoms with Gasteiger partial charge in [-0.25, -0.2) is 0 Å². The molecule has 0 bridgehead atoms. The highest BCUT2D eigenvalue weighted by Crippen LogP contribution is 2.55. The zero-order valence-electron chi connectivity index (χ0n) is 10.8. The van der Waals surface area contributed by atoms with Crippen LogP contribution in [0.15, 0.2) is 47.5 Å². The lowest BCUT2D eigenvalue weighted by Gasteiger charge is -2.36. The second-order valence-corrected chi connectivity index (χ2v) is 5.40. The molecule has 4 rings (SSSR count). The van der Waals surface area contributed by atoms with Crippen LogP contribution in [0.4, 0.5) is 0 Å². The zero-order valence-corrected chi connectivity index (χ0v) is 11.6. The Hall–Kier alpha value is -2.06. The Kier molecular flexibility index (Phi) is 2.33. The molecule has 0 aliphatic heterocycles. The molecule has 0 unspecified atom stereocenters. The number of carbonyl (C=O) groups excluding carboxylic acids is 1. The van der Waals surface area contributed by atoms with Crippen molar-refractivity contribution in [2.75, 3.05) is 7.11 Å². The van der Waals surface area contributed by atoms with Gasteiger partial charge in [0.05, 0.1) is 18.1 Å². The molecule has 2 nitrogen and oxygen atoms in total. The van der Waals surface area contributed by atoms with Crippen LogP contribution in [-0.4, -0.2) is 12.9 Å². The van der Waals surface area contributed by atoms with Crippen molar-refractivity contribution in [1.82, 2.24) is 0 Å². The number of carbonyl (C=O) groups is 1. The van der Waals surface area contributed by atoms with Crippen molar-refractivity contribution in [3.8, 4) is 16.9 Å². The average molecular weight is 283 g/mol. The predicted molar refractivity (Wildman–Crippen MR) is 79.0 cm³/mol. The Morgan fingerprint density at radius 2 is 1.80 bits per heavy atom. The highest BCUT2D eigenvalue weighted by Gasteiger charge is 2.44. The summed E-state index contributed by atoms with van der Waals surface area (Å²) in [5.74, 6) is 0.602. The molecule has 98 valence electrons. The lowest BCUT2D eigenvalue weighted by atomic mass is 9.67. The number of hydrogen-bond donors (Lipinski definition) is 0. The van der Waals surface area contributed by atoms with Gasteiger partial charge in [-0.2, -0.15) is 0 Å². The SMILES string of the molecule is COc1ccc2c(c1)-c1ccccc1C1=C(Cl)C(=O)[C@@H]12. The van der Waals surface area contributed by atoms with E-state index in [2.05, 4.69) is 6.07 Å². The summed E-state index contributed by atoms with van der Waals surface area (Å²) < 4.78 is 5.30. The molecule has 20 heavy (non-hydrogen) atoms. The number of allylic oxidation sites excluding steroid dienone is 2. The predicted octanol–water partition coefficient (Wildman–Crippen LogP) is 3.99. The van der Waals surface area contributed by atoms with Crippen LogP contribution in [0, 0.1) is 0 Å². The first-order chi connectivity index (χ1) is 9.72. The number of rotatable bonds is 1. The molecule has 0 radical (unpaired) electrons. The smallest absolute Gasteiger partial charge is 0.186 e. The van der Waals surface area contributed by atoms with E-state index in [1.165, 1.54) is 0 Å². The fourth-order valence-electron chi connectivity index (χ4n) is 3.11. The molecule has 2 aliphatic rings. The summed E-state index contributed by atoms with van der Waals surface area (Å²) in [6.07, 6.45) is 0. The normalized spacial score (nSPS) is 18.9. The van der Waals surface area contributed by atoms with E-state index in [0.29, 0.717) is 5.03 Å². The van der Waals surface area contributed by atoms with E-state index in [1.54, 1.807) is 7.11 Å². The van der Waals surface area contributed by atoms with Gasteiger partial charge in [-0.05, 0) is 40.0 Å². The van der Waals surface area contributed by atoms with E-state index in [9.17, 15) is 4.79 Å². The number of methoxy groups -OCH3 is 1. The Balaban J connectivity index is 2.08. The maximum atomic E-state index is 12.1. The quantitative estimate of drug-likeness (QED) is 0.790. The summed E-state index contributed by atoms with van der Waals surface area (Å²) in [5.41, 5.74) is 5.21. The zero-order chi connectivity index (χ0) is 13.9. The largest absolute Gasteiger partial charge is 0.497 e. The molecule has 3 heteroatoms. The molecule has 0 heterocycles. The second kappa shape index (κ2) is 3.97. The van der Waals surface area contributed by atoms with E-state index in [-0.39, 0.29) is 11.7 Å². The minimum atomic E-state index is -0.210. The van der Waals surface area contributed by atoms with E-state index < -0.39 is 0 Å². The van der Waals surface area contributed by atoms with Crippen molar-refractivity contribution in [3.05, 3.63) is 58.6 Å². The number of ether oxygens (including phenoxy) is 1.